The van der Waals surface area contributed by atoms with Crippen LogP contribution in [0.15, 0.2) is 6.07 Å². The van der Waals surface area contributed by atoms with E-state index in [1.165, 1.54) is 21.3 Å². The zero-order chi connectivity index (χ0) is 18.9. The number of rotatable bonds is 4. The van der Waals surface area contributed by atoms with Crippen LogP contribution in [0, 0.1) is 18.8 Å². The molecule has 1 aliphatic heterocycles. The minimum atomic E-state index is -0.932. The predicted molar refractivity (Wildman–Crippen MR) is 89.9 cm³/mol. The molecular formula is C18H26O7. The van der Waals surface area contributed by atoms with Crippen molar-refractivity contribution < 1.29 is 34.0 Å². The van der Waals surface area contributed by atoms with Crippen LogP contribution < -0.4 is 9.47 Å². The molecule has 1 aromatic carbocycles. The lowest BCUT2D eigenvalue weighted by Crippen LogP contribution is -2.49. The van der Waals surface area contributed by atoms with Crippen LogP contribution in [-0.4, -0.2) is 49.7 Å². The Bertz CT molecular complexity index is 643. The highest BCUT2D eigenvalue weighted by molar-refractivity contribution is 5.75. The normalized spacial score (nSPS) is 29.2. The summed E-state index contributed by atoms with van der Waals surface area (Å²) in [4.78, 5) is 12.0. The van der Waals surface area contributed by atoms with Crippen LogP contribution in [-0.2, 0) is 14.3 Å². The van der Waals surface area contributed by atoms with E-state index in [0.29, 0.717) is 16.9 Å². The Labute approximate surface area is 147 Å². The fourth-order valence-corrected chi connectivity index (χ4v) is 3.40. The first kappa shape index (κ1) is 19.3. The van der Waals surface area contributed by atoms with Crippen LogP contribution in [0.25, 0.3) is 0 Å². The number of hydrogen-bond acceptors (Lipinski definition) is 7. The number of esters is 1. The number of ether oxygens (including phenoxy) is 4. The molecular weight excluding hydrogens is 328 g/mol. The SMILES string of the molecule is COC(=O)C1OC(c2cc(OC)c(C)c(OC)c2O)C(C)C(O)C1C. The van der Waals surface area contributed by atoms with Crippen LogP contribution in [0.5, 0.6) is 17.2 Å². The molecule has 5 atom stereocenters. The van der Waals surface area contributed by atoms with Crippen LogP contribution in [0.2, 0.25) is 0 Å². The van der Waals surface area contributed by atoms with Gasteiger partial charge >= 0.3 is 5.97 Å². The van der Waals surface area contributed by atoms with Crippen molar-refractivity contribution in [1.82, 2.24) is 0 Å². The van der Waals surface area contributed by atoms with Crippen molar-refractivity contribution in [3.63, 3.8) is 0 Å². The van der Waals surface area contributed by atoms with Crippen molar-refractivity contribution >= 4 is 5.97 Å². The molecule has 2 rings (SSSR count). The minimum Gasteiger partial charge on any atom is -0.504 e. The van der Waals surface area contributed by atoms with Crippen molar-refractivity contribution in [2.24, 2.45) is 11.8 Å². The lowest BCUT2D eigenvalue weighted by molar-refractivity contribution is -0.194. The van der Waals surface area contributed by atoms with Gasteiger partial charge in [0.25, 0.3) is 0 Å². The van der Waals surface area contributed by atoms with Gasteiger partial charge in [0.05, 0.1) is 33.5 Å². The van der Waals surface area contributed by atoms with Gasteiger partial charge in [0.2, 0.25) is 0 Å². The molecule has 0 aromatic heterocycles. The number of phenols is 1. The highest BCUT2D eigenvalue weighted by Crippen LogP contribution is 2.48. The third-order valence-corrected chi connectivity index (χ3v) is 4.98. The summed E-state index contributed by atoms with van der Waals surface area (Å²) >= 11 is 0. The fourth-order valence-electron chi connectivity index (χ4n) is 3.40. The van der Waals surface area contributed by atoms with Crippen molar-refractivity contribution in [1.29, 1.82) is 0 Å². The number of aromatic hydroxyl groups is 1. The maximum atomic E-state index is 12.0. The zero-order valence-electron chi connectivity index (χ0n) is 15.4. The summed E-state index contributed by atoms with van der Waals surface area (Å²) in [5.41, 5.74) is 1.04. The number of hydrogen-bond donors (Lipinski definition) is 2. The van der Waals surface area contributed by atoms with Gasteiger partial charge in [-0.05, 0) is 13.0 Å². The Morgan fingerprint density at radius 2 is 1.80 bits per heavy atom. The first-order chi connectivity index (χ1) is 11.8. The number of methoxy groups -OCH3 is 3. The lowest BCUT2D eigenvalue weighted by Gasteiger charge is -2.41. The molecule has 7 nitrogen and oxygen atoms in total. The average molecular weight is 354 g/mol. The van der Waals surface area contributed by atoms with E-state index in [-0.39, 0.29) is 17.4 Å². The first-order valence-corrected chi connectivity index (χ1v) is 8.14. The molecule has 1 heterocycles. The van der Waals surface area contributed by atoms with Gasteiger partial charge in [0.1, 0.15) is 5.75 Å². The fraction of sp³-hybridized carbons (Fsp3) is 0.611. The van der Waals surface area contributed by atoms with Gasteiger partial charge in [0, 0.05) is 23.0 Å². The van der Waals surface area contributed by atoms with E-state index in [1.807, 2.05) is 0 Å². The quantitative estimate of drug-likeness (QED) is 0.798. The summed E-state index contributed by atoms with van der Waals surface area (Å²) in [7, 11) is 4.24. The second-order valence-electron chi connectivity index (χ2n) is 6.38. The standard InChI is InChI=1S/C18H26O7/c1-8-12(22-4)7-11(14(20)16(8)23-5)15-9(2)13(19)10(3)17(25-15)18(21)24-6/h7,9-10,13,15,17,19-20H,1-6H3. The monoisotopic (exact) mass is 354 g/mol. The maximum absolute atomic E-state index is 12.0. The summed E-state index contributed by atoms with van der Waals surface area (Å²) in [6.45, 7) is 5.30. The number of benzene rings is 1. The minimum absolute atomic E-state index is 0.0944. The molecule has 1 fully saturated rings. The average Bonchev–Trinajstić information content (AvgIpc) is 2.60. The van der Waals surface area contributed by atoms with E-state index in [9.17, 15) is 15.0 Å². The number of carbonyl (C=O) groups is 1. The van der Waals surface area contributed by atoms with E-state index in [4.69, 9.17) is 18.9 Å². The van der Waals surface area contributed by atoms with Gasteiger partial charge < -0.3 is 29.2 Å². The number of carbonyl (C=O) groups excluding carboxylic acids is 1. The van der Waals surface area contributed by atoms with Crippen molar-refractivity contribution in [2.75, 3.05) is 21.3 Å². The third-order valence-electron chi connectivity index (χ3n) is 4.98. The zero-order valence-corrected chi connectivity index (χ0v) is 15.4. The summed E-state index contributed by atoms with van der Waals surface area (Å²) < 4.78 is 21.4. The Morgan fingerprint density at radius 1 is 1.16 bits per heavy atom. The molecule has 1 aromatic rings. The molecule has 1 aliphatic rings. The molecule has 0 spiro atoms. The van der Waals surface area contributed by atoms with Crippen LogP contribution in [0.4, 0.5) is 0 Å². The third kappa shape index (κ3) is 3.26. The highest BCUT2D eigenvalue weighted by atomic mass is 16.6. The Balaban J connectivity index is 2.54. The lowest BCUT2D eigenvalue weighted by atomic mass is 9.80. The molecule has 1 saturated heterocycles. The molecule has 25 heavy (non-hydrogen) atoms. The van der Waals surface area contributed by atoms with Gasteiger partial charge in [-0.1, -0.05) is 13.8 Å². The number of phenolic OH excluding ortho intramolecular Hbond substituents is 1. The van der Waals surface area contributed by atoms with Gasteiger partial charge in [-0.25, -0.2) is 4.79 Å². The Morgan fingerprint density at radius 3 is 2.32 bits per heavy atom. The van der Waals surface area contributed by atoms with Crippen molar-refractivity contribution in [2.45, 2.75) is 39.1 Å². The number of aliphatic hydroxyl groups is 1. The van der Waals surface area contributed by atoms with E-state index < -0.39 is 30.2 Å². The van der Waals surface area contributed by atoms with Crippen LogP contribution in [0.1, 0.15) is 31.1 Å². The topological polar surface area (TPSA) is 94.5 Å². The summed E-state index contributed by atoms with van der Waals surface area (Å²) in [5.74, 6) is -0.665. The van der Waals surface area contributed by atoms with E-state index in [1.54, 1.807) is 26.8 Å². The van der Waals surface area contributed by atoms with Crippen LogP contribution >= 0.6 is 0 Å². The molecule has 7 heteroatoms. The second-order valence-corrected chi connectivity index (χ2v) is 6.38. The smallest absolute Gasteiger partial charge is 0.335 e. The summed E-state index contributed by atoms with van der Waals surface area (Å²) in [6, 6.07) is 1.64. The molecule has 140 valence electrons. The Kier molecular flexibility index (Phi) is 5.80. The summed E-state index contributed by atoms with van der Waals surface area (Å²) in [5, 5.41) is 21.2. The largest absolute Gasteiger partial charge is 0.504 e. The molecule has 0 aliphatic carbocycles. The van der Waals surface area contributed by atoms with E-state index >= 15 is 0 Å². The van der Waals surface area contributed by atoms with Gasteiger partial charge in [-0.2, -0.15) is 0 Å². The maximum Gasteiger partial charge on any atom is 0.335 e. The van der Waals surface area contributed by atoms with Crippen LogP contribution in [0.3, 0.4) is 0 Å². The van der Waals surface area contributed by atoms with Gasteiger partial charge in [-0.3, -0.25) is 0 Å². The molecule has 0 amide bonds. The predicted octanol–water partition coefficient (Wildman–Crippen LogP) is 1.96. The summed E-state index contributed by atoms with van der Waals surface area (Å²) in [6.07, 6.45) is -2.46. The molecule has 0 bridgehead atoms. The second kappa shape index (κ2) is 7.49. The molecule has 0 saturated carbocycles. The van der Waals surface area contributed by atoms with Crippen molar-refractivity contribution in [3.8, 4) is 17.2 Å². The van der Waals surface area contributed by atoms with Gasteiger partial charge in [-0.15, -0.1) is 0 Å². The number of aliphatic hydroxyl groups excluding tert-OH is 1. The highest BCUT2D eigenvalue weighted by Gasteiger charge is 2.46. The van der Waals surface area contributed by atoms with Crippen molar-refractivity contribution in [3.05, 3.63) is 17.2 Å². The van der Waals surface area contributed by atoms with Gasteiger partial charge in [0.15, 0.2) is 17.6 Å². The molecule has 2 N–H and O–H groups in total. The first-order valence-electron chi connectivity index (χ1n) is 8.14. The van der Waals surface area contributed by atoms with E-state index in [0.717, 1.165) is 0 Å². The van der Waals surface area contributed by atoms with E-state index in [2.05, 4.69) is 0 Å². The molecule has 5 unspecified atom stereocenters. The Hall–Kier alpha value is -1.99. The molecule has 0 radical (unpaired) electrons.